The molecule has 0 spiro atoms. The quantitative estimate of drug-likeness (QED) is 0.664. The fourth-order valence-corrected chi connectivity index (χ4v) is 1.06. The molecule has 2 nitrogen and oxygen atoms in total. The molecule has 0 aliphatic heterocycles. The molecule has 82 valence electrons. The van der Waals surface area contributed by atoms with Crippen molar-refractivity contribution in [3.63, 3.8) is 0 Å². The van der Waals surface area contributed by atoms with Gasteiger partial charge in [0.15, 0.2) is 0 Å². The highest BCUT2D eigenvalue weighted by atomic mass is 16.3. The van der Waals surface area contributed by atoms with E-state index in [-0.39, 0.29) is 0 Å². The minimum atomic E-state index is -0.840. The van der Waals surface area contributed by atoms with Crippen LogP contribution >= 0.6 is 0 Å². The van der Waals surface area contributed by atoms with Gasteiger partial charge in [0.1, 0.15) is 0 Å². The minimum Gasteiger partial charge on any atom is -0.390 e. The molecule has 0 heterocycles. The van der Waals surface area contributed by atoms with Gasteiger partial charge in [0, 0.05) is 10.8 Å². The fourth-order valence-electron chi connectivity index (χ4n) is 1.06. The van der Waals surface area contributed by atoms with Crippen LogP contribution in [0.5, 0.6) is 0 Å². The first-order chi connectivity index (χ1) is 6.19. The molecule has 0 aromatic rings. The van der Waals surface area contributed by atoms with Gasteiger partial charge in [-0.25, -0.2) is 0 Å². The maximum Gasteiger partial charge on any atom is 0.0892 e. The van der Waals surface area contributed by atoms with Crippen LogP contribution in [0.3, 0.4) is 0 Å². The molecule has 0 amide bonds. The molecule has 0 aromatic heterocycles. The number of hydrogen-bond acceptors (Lipinski definition) is 2. The summed E-state index contributed by atoms with van der Waals surface area (Å²) in [6.07, 6.45) is 1.63. The molecule has 0 radical (unpaired) electrons. The minimum absolute atomic E-state index is 0.500. The molecule has 2 atom stereocenters. The number of rotatable bonds is 5. The Balaban J connectivity index is 4.78. The Morgan fingerprint density at radius 3 is 1.21 bits per heavy atom. The van der Waals surface area contributed by atoms with Gasteiger partial charge in [-0.05, 0) is 0 Å². The molecule has 0 saturated heterocycles. The van der Waals surface area contributed by atoms with Gasteiger partial charge in [0.2, 0.25) is 0 Å². The molecule has 0 bridgehead atoms. The first-order valence-electron chi connectivity index (χ1n) is 4.82. The lowest BCUT2D eigenvalue weighted by Crippen LogP contribution is -2.45. The van der Waals surface area contributed by atoms with E-state index in [0.717, 1.165) is 0 Å². The SMILES string of the molecule is C=CC(C)(C)C(O)C(O)C(C)(C)C=C. The molecule has 2 heteroatoms. The summed E-state index contributed by atoms with van der Waals surface area (Å²) in [5.74, 6) is 0. The van der Waals surface area contributed by atoms with Gasteiger partial charge in [-0.2, -0.15) is 0 Å². The molecule has 0 fully saturated rings. The standard InChI is InChI=1S/C12H22O2/c1-7-11(3,4)9(13)10(14)12(5,6)8-2/h7-10,13-14H,1-2H2,3-6H3. The summed E-state index contributed by atoms with van der Waals surface area (Å²) in [4.78, 5) is 0. The van der Waals surface area contributed by atoms with Crippen molar-refractivity contribution >= 4 is 0 Å². The van der Waals surface area contributed by atoms with Gasteiger partial charge in [0.05, 0.1) is 12.2 Å². The van der Waals surface area contributed by atoms with Gasteiger partial charge < -0.3 is 10.2 Å². The lowest BCUT2D eigenvalue weighted by atomic mass is 9.74. The average Bonchev–Trinajstić information content (AvgIpc) is 2.15. The van der Waals surface area contributed by atoms with E-state index in [9.17, 15) is 10.2 Å². The Bertz CT molecular complexity index is 192. The predicted octanol–water partition coefficient (Wildman–Crippen LogP) is 2.13. The summed E-state index contributed by atoms with van der Waals surface area (Å²) < 4.78 is 0. The molecule has 0 aromatic carbocycles. The van der Waals surface area contributed by atoms with Gasteiger partial charge in [0.25, 0.3) is 0 Å². The van der Waals surface area contributed by atoms with E-state index in [0.29, 0.717) is 0 Å². The molecule has 2 unspecified atom stereocenters. The summed E-state index contributed by atoms with van der Waals surface area (Å²) in [6, 6.07) is 0. The highest BCUT2D eigenvalue weighted by molar-refractivity contribution is 5.03. The molecule has 14 heavy (non-hydrogen) atoms. The van der Waals surface area contributed by atoms with Crippen molar-refractivity contribution in [2.45, 2.75) is 39.9 Å². The molecule has 0 aliphatic rings. The van der Waals surface area contributed by atoms with Crippen molar-refractivity contribution in [2.24, 2.45) is 10.8 Å². The Morgan fingerprint density at radius 1 is 0.857 bits per heavy atom. The van der Waals surface area contributed by atoms with E-state index in [4.69, 9.17) is 0 Å². The molecular weight excluding hydrogens is 176 g/mol. The molecular formula is C12H22O2. The second-order valence-corrected chi connectivity index (χ2v) is 4.94. The van der Waals surface area contributed by atoms with Crippen molar-refractivity contribution in [1.82, 2.24) is 0 Å². The van der Waals surface area contributed by atoms with Crippen LogP contribution in [-0.4, -0.2) is 22.4 Å². The fraction of sp³-hybridized carbons (Fsp3) is 0.667. The van der Waals surface area contributed by atoms with E-state index >= 15 is 0 Å². The van der Waals surface area contributed by atoms with E-state index < -0.39 is 23.0 Å². The zero-order chi connectivity index (χ0) is 11.6. The predicted molar refractivity (Wildman–Crippen MR) is 60.0 cm³/mol. The number of aliphatic hydroxyl groups is 2. The Labute approximate surface area is 87.0 Å². The van der Waals surface area contributed by atoms with Gasteiger partial charge in [-0.1, -0.05) is 39.8 Å². The molecule has 0 rings (SSSR count). The highest BCUT2D eigenvalue weighted by Gasteiger charge is 2.38. The van der Waals surface area contributed by atoms with Crippen LogP contribution in [0.1, 0.15) is 27.7 Å². The summed E-state index contributed by atoms with van der Waals surface area (Å²) in [7, 11) is 0. The molecule has 2 N–H and O–H groups in total. The summed E-state index contributed by atoms with van der Waals surface area (Å²) in [5.41, 5.74) is -1.00. The third-order valence-electron chi connectivity index (χ3n) is 2.88. The second kappa shape index (κ2) is 4.28. The van der Waals surface area contributed by atoms with Crippen LogP contribution in [0.2, 0.25) is 0 Å². The van der Waals surface area contributed by atoms with Crippen LogP contribution in [0.25, 0.3) is 0 Å². The second-order valence-electron chi connectivity index (χ2n) is 4.94. The van der Waals surface area contributed by atoms with Crippen LogP contribution in [0.15, 0.2) is 25.3 Å². The highest BCUT2D eigenvalue weighted by Crippen LogP contribution is 2.32. The third kappa shape index (κ3) is 2.69. The van der Waals surface area contributed by atoms with E-state index in [1.807, 2.05) is 27.7 Å². The normalized spacial score (nSPS) is 17.3. The summed E-state index contributed by atoms with van der Waals surface area (Å²) in [5, 5.41) is 19.9. The van der Waals surface area contributed by atoms with Gasteiger partial charge in [-0.3, -0.25) is 0 Å². The summed E-state index contributed by atoms with van der Waals surface area (Å²) in [6.45, 7) is 14.7. The van der Waals surface area contributed by atoms with Crippen LogP contribution in [-0.2, 0) is 0 Å². The topological polar surface area (TPSA) is 40.5 Å². The lowest BCUT2D eigenvalue weighted by Gasteiger charge is -2.37. The van der Waals surface area contributed by atoms with E-state index in [1.165, 1.54) is 0 Å². The summed E-state index contributed by atoms with van der Waals surface area (Å²) >= 11 is 0. The van der Waals surface area contributed by atoms with Crippen molar-refractivity contribution in [3.05, 3.63) is 25.3 Å². The first-order valence-corrected chi connectivity index (χ1v) is 4.82. The van der Waals surface area contributed by atoms with Crippen molar-refractivity contribution < 1.29 is 10.2 Å². The Morgan fingerprint density at radius 2 is 1.07 bits per heavy atom. The third-order valence-corrected chi connectivity index (χ3v) is 2.88. The maximum absolute atomic E-state index is 9.94. The van der Waals surface area contributed by atoms with E-state index in [1.54, 1.807) is 12.2 Å². The number of aliphatic hydroxyl groups excluding tert-OH is 2. The molecule has 0 saturated carbocycles. The monoisotopic (exact) mass is 198 g/mol. The number of hydrogen-bond donors (Lipinski definition) is 2. The van der Waals surface area contributed by atoms with Crippen molar-refractivity contribution in [3.8, 4) is 0 Å². The van der Waals surface area contributed by atoms with Crippen LogP contribution in [0.4, 0.5) is 0 Å². The average molecular weight is 198 g/mol. The van der Waals surface area contributed by atoms with Crippen molar-refractivity contribution in [2.75, 3.05) is 0 Å². The molecule has 0 aliphatic carbocycles. The zero-order valence-electron chi connectivity index (χ0n) is 9.62. The van der Waals surface area contributed by atoms with Gasteiger partial charge in [-0.15, -0.1) is 13.2 Å². The largest absolute Gasteiger partial charge is 0.390 e. The smallest absolute Gasteiger partial charge is 0.0892 e. The maximum atomic E-state index is 9.94. The van der Waals surface area contributed by atoms with E-state index in [2.05, 4.69) is 13.2 Å². The Hall–Kier alpha value is -0.600. The Kier molecular flexibility index (Phi) is 4.10. The van der Waals surface area contributed by atoms with Crippen LogP contribution < -0.4 is 0 Å². The first kappa shape index (κ1) is 13.4. The zero-order valence-corrected chi connectivity index (χ0v) is 9.62. The van der Waals surface area contributed by atoms with Crippen molar-refractivity contribution in [1.29, 1.82) is 0 Å². The van der Waals surface area contributed by atoms with Crippen LogP contribution in [0, 0.1) is 10.8 Å². The van der Waals surface area contributed by atoms with Gasteiger partial charge >= 0.3 is 0 Å². The lowest BCUT2D eigenvalue weighted by molar-refractivity contribution is -0.0740.